The van der Waals surface area contributed by atoms with E-state index in [9.17, 15) is 14.7 Å². The lowest BCUT2D eigenvalue weighted by atomic mass is 10.2. The van der Waals surface area contributed by atoms with Crippen molar-refractivity contribution in [1.82, 2.24) is 5.32 Å². The SMILES string of the molecule is [O]c1ccccc1/C=C1/SC(=O)NC1=O. The topological polar surface area (TPSA) is 66.1 Å². The molecule has 2 rings (SSSR count). The molecule has 1 heterocycles. The summed E-state index contributed by atoms with van der Waals surface area (Å²) in [6, 6.07) is 6.34. The summed E-state index contributed by atoms with van der Waals surface area (Å²) in [5, 5.41) is 13.0. The molecule has 5 heteroatoms. The van der Waals surface area contributed by atoms with Crippen LogP contribution >= 0.6 is 11.8 Å². The maximum atomic E-state index is 11.3. The number of rotatable bonds is 1. The fourth-order valence-electron chi connectivity index (χ4n) is 1.16. The van der Waals surface area contributed by atoms with Crippen LogP contribution < -0.4 is 5.32 Å². The van der Waals surface area contributed by atoms with Gasteiger partial charge in [-0.25, -0.2) is 0 Å². The van der Waals surface area contributed by atoms with E-state index in [0.29, 0.717) is 5.56 Å². The van der Waals surface area contributed by atoms with Crippen LogP contribution in [-0.2, 0) is 9.90 Å². The van der Waals surface area contributed by atoms with Gasteiger partial charge in [0.25, 0.3) is 11.1 Å². The van der Waals surface area contributed by atoms with Gasteiger partial charge >= 0.3 is 0 Å². The number of thioether (sulfide) groups is 1. The molecule has 0 saturated carbocycles. The Morgan fingerprint density at radius 3 is 2.53 bits per heavy atom. The minimum atomic E-state index is -0.451. The lowest BCUT2D eigenvalue weighted by Gasteiger charge is -1.95. The predicted molar refractivity (Wildman–Crippen MR) is 55.7 cm³/mol. The highest BCUT2D eigenvalue weighted by Gasteiger charge is 2.25. The second kappa shape index (κ2) is 3.78. The number of imide groups is 1. The summed E-state index contributed by atoms with van der Waals surface area (Å²) >= 11 is 0.800. The summed E-state index contributed by atoms with van der Waals surface area (Å²) in [4.78, 5) is 22.3. The predicted octanol–water partition coefficient (Wildman–Crippen LogP) is 2.15. The molecule has 0 atom stereocenters. The number of hydrogen-bond donors (Lipinski definition) is 1. The fourth-order valence-corrected chi connectivity index (χ4v) is 1.84. The molecular formula is C10H6NO3S. The van der Waals surface area contributed by atoms with Crippen molar-refractivity contribution in [3.8, 4) is 5.75 Å². The van der Waals surface area contributed by atoms with E-state index < -0.39 is 11.1 Å². The van der Waals surface area contributed by atoms with E-state index in [1.807, 2.05) is 0 Å². The highest BCUT2D eigenvalue weighted by molar-refractivity contribution is 8.18. The van der Waals surface area contributed by atoms with Crippen molar-refractivity contribution in [2.45, 2.75) is 0 Å². The summed E-state index contributed by atoms with van der Waals surface area (Å²) in [5.74, 6) is -0.619. The van der Waals surface area contributed by atoms with Gasteiger partial charge in [-0.2, -0.15) is 0 Å². The van der Waals surface area contributed by atoms with Gasteiger partial charge in [0.2, 0.25) is 0 Å². The maximum absolute atomic E-state index is 11.3. The zero-order valence-corrected chi connectivity index (χ0v) is 8.34. The van der Waals surface area contributed by atoms with Crippen molar-refractivity contribution in [1.29, 1.82) is 0 Å². The van der Waals surface area contributed by atoms with Crippen molar-refractivity contribution < 1.29 is 14.7 Å². The monoisotopic (exact) mass is 220 g/mol. The zero-order chi connectivity index (χ0) is 10.8. The Hall–Kier alpha value is -1.75. The van der Waals surface area contributed by atoms with Crippen LogP contribution in [0.25, 0.3) is 6.08 Å². The molecule has 4 nitrogen and oxygen atoms in total. The van der Waals surface area contributed by atoms with Gasteiger partial charge in [-0.15, -0.1) is 0 Å². The first-order chi connectivity index (χ1) is 7.16. The van der Waals surface area contributed by atoms with Gasteiger partial charge in [0.15, 0.2) is 5.75 Å². The Bertz CT molecular complexity index is 467. The van der Waals surface area contributed by atoms with Crippen molar-refractivity contribution >= 4 is 29.0 Å². The quantitative estimate of drug-likeness (QED) is 0.737. The van der Waals surface area contributed by atoms with E-state index in [1.54, 1.807) is 18.2 Å². The molecule has 0 unspecified atom stereocenters. The smallest absolute Gasteiger partial charge is 0.289 e. The summed E-state index contributed by atoms with van der Waals surface area (Å²) in [6.07, 6.45) is 1.42. The molecular weight excluding hydrogens is 214 g/mol. The molecule has 1 N–H and O–H groups in total. The number of carbonyl (C=O) groups excluding carboxylic acids is 2. The highest BCUT2D eigenvalue weighted by Crippen LogP contribution is 2.28. The Balaban J connectivity index is 2.35. The van der Waals surface area contributed by atoms with Gasteiger partial charge in [0, 0.05) is 5.56 Å². The second-order valence-electron chi connectivity index (χ2n) is 2.89. The van der Waals surface area contributed by atoms with Crippen LogP contribution in [0.1, 0.15) is 5.56 Å². The third kappa shape index (κ3) is 2.02. The Labute approximate surface area is 90.0 Å². The van der Waals surface area contributed by atoms with Gasteiger partial charge < -0.3 is 0 Å². The van der Waals surface area contributed by atoms with Crippen LogP contribution in [0.4, 0.5) is 4.79 Å². The normalized spacial score (nSPS) is 18.3. The fraction of sp³-hybridized carbons (Fsp3) is 0. The van der Waals surface area contributed by atoms with Gasteiger partial charge in [-0.1, -0.05) is 18.2 Å². The van der Waals surface area contributed by atoms with Crippen LogP contribution in [0.5, 0.6) is 5.75 Å². The Kier molecular flexibility index (Phi) is 2.47. The molecule has 0 aliphatic carbocycles. The number of amides is 2. The maximum Gasteiger partial charge on any atom is 0.290 e. The molecule has 1 aliphatic rings. The molecule has 75 valence electrons. The molecule has 0 aromatic heterocycles. The first-order valence-corrected chi connectivity index (χ1v) is 4.99. The third-order valence-corrected chi connectivity index (χ3v) is 2.66. The van der Waals surface area contributed by atoms with Crippen molar-refractivity contribution in [3.63, 3.8) is 0 Å². The largest absolute Gasteiger partial charge is 0.290 e. The number of benzene rings is 1. The van der Waals surface area contributed by atoms with E-state index in [2.05, 4.69) is 5.32 Å². The summed E-state index contributed by atoms with van der Waals surface area (Å²) in [7, 11) is 0. The van der Waals surface area contributed by atoms with Crippen LogP contribution in [-0.4, -0.2) is 11.1 Å². The average molecular weight is 220 g/mol. The number of carbonyl (C=O) groups is 2. The van der Waals surface area contributed by atoms with Crippen LogP contribution in [0.3, 0.4) is 0 Å². The highest BCUT2D eigenvalue weighted by atomic mass is 32.2. The molecule has 2 amide bonds. The average Bonchev–Trinajstić information content (AvgIpc) is 2.49. The molecule has 1 fully saturated rings. The van der Waals surface area contributed by atoms with Crippen molar-refractivity contribution in [2.75, 3.05) is 0 Å². The molecule has 1 aromatic rings. The van der Waals surface area contributed by atoms with Gasteiger partial charge in [-0.05, 0) is 23.9 Å². The Morgan fingerprint density at radius 2 is 1.93 bits per heavy atom. The van der Waals surface area contributed by atoms with E-state index in [1.165, 1.54) is 12.1 Å². The number of para-hydroxylation sites is 1. The molecule has 0 bridgehead atoms. The summed E-state index contributed by atoms with van der Waals surface area (Å²) in [6.45, 7) is 0. The third-order valence-electron chi connectivity index (χ3n) is 1.85. The molecule has 1 aromatic carbocycles. The first-order valence-electron chi connectivity index (χ1n) is 4.18. The summed E-state index contributed by atoms with van der Waals surface area (Å²) < 4.78 is 0. The van der Waals surface area contributed by atoms with Gasteiger partial charge in [-0.3, -0.25) is 20.0 Å². The number of nitrogens with one attached hydrogen (secondary N) is 1. The van der Waals surface area contributed by atoms with Gasteiger partial charge in [0.1, 0.15) is 0 Å². The van der Waals surface area contributed by atoms with E-state index >= 15 is 0 Å². The van der Waals surface area contributed by atoms with E-state index in [0.717, 1.165) is 11.8 Å². The molecule has 1 saturated heterocycles. The van der Waals surface area contributed by atoms with E-state index in [4.69, 9.17) is 0 Å². The second-order valence-corrected chi connectivity index (χ2v) is 3.90. The van der Waals surface area contributed by atoms with Crippen LogP contribution in [0.15, 0.2) is 29.2 Å². The lowest BCUT2D eigenvalue weighted by molar-refractivity contribution is -0.115. The van der Waals surface area contributed by atoms with Crippen LogP contribution in [0.2, 0.25) is 0 Å². The van der Waals surface area contributed by atoms with Crippen LogP contribution in [0, 0.1) is 0 Å². The molecule has 0 spiro atoms. The van der Waals surface area contributed by atoms with Gasteiger partial charge in [0.05, 0.1) is 4.91 Å². The van der Waals surface area contributed by atoms with Crippen molar-refractivity contribution in [3.05, 3.63) is 34.7 Å². The first kappa shape index (κ1) is 9.79. The van der Waals surface area contributed by atoms with E-state index in [-0.39, 0.29) is 10.7 Å². The summed E-state index contributed by atoms with van der Waals surface area (Å²) in [5.41, 5.74) is 0.407. The Morgan fingerprint density at radius 1 is 1.20 bits per heavy atom. The lowest BCUT2D eigenvalue weighted by Crippen LogP contribution is -2.17. The molecule has 1 radical (unpaired) electrons. The molecule has 1 aliphatic heterocycles. The zero-order valence-electron chi connectivity index (χ0n) is 7.52. The minimum absolute atomic E-state index is 0.169. The minimum Gasteiger partial charge on any atom is -0.289 e. The molecule has 15 heavy (non-hydrogen) atoms. The standard InChI is InChI=1S/C10H6NO3S/c12-7-4-2-1-3-6(7)5-8-9(13)11-10(14)15-8/h1-5H,(H,11,13,14)/b8-5+. The number of hydrogen-bond acceptors (Lipinski definition) is 3. The van der Waals surface area contributed by atoms with Crippen molar-refractivity contribution in [2.24, 2.45) is 0 Å².